The number of H-pyrrole nitrogens is 1. The fraction of sp³-hybridized carbons (Fsp3) is 0.235. The number of hydrogen-bond acceptors (Lipinski definition) is 7. The molecule has 4 N–H and O–H groups in total. The van der Waals surface area contributed by atoms with Gasteiger partial charge in [-0.3, -0.25) is 13.9 Å². The van der Waals surface area contributed by atoms with Crippen LogP contribution in [0.3, 0.4) is 0 Å². The van der Waals surface area contributed by atoms with Gasteiger partial charge < -0.3 is 19.7 Å². The molecule has 9 nitrogen and oxygen atoms in total. The van der Waals surface area contributed by atoms with Gasteiger partial charge in [0.05, 0.1) is 11.5 Å². The Kier molecular flexibility index (Phi) is 4.17. The summed E-state index contributed by atoms with van der Waals surface area (Å²) in [5.74, 6) is -2.03. The zero-order valence-corrected chi connectivity index (χ0v) is 14.9. The van der Waals surface area contributed by atoms with Crippen LogP contribution in [0.15, 0.2) is 41.7 Å². The predicted molar refractivity (Wildman–Crippen MR) is 99.0 cm³/mol. The molecule has 4 heterocycles. The Morgan fingerprint density at radius 3 is 2.78 bits per heavy atom. The summed E-state index contributed by atoms with van der Waals surface area (Å²) in [7, 11) is -2.65. The number of aromatic nitrogens is 2. The summed E-state index contributed by atoms with van der Waals surface area (Å²) in [5.41, 5.74) is 0.848. The van der Waals surface area contributed by atoms with Gasteiger partial charge in [-0.1, -0.05) is 0 Å². The molecule has 2 aromatic rings. The minimum absolute atomic E-state index is 0.0494. The number of carboxylic acids is 1. The first-order valence-corrected chi connectivity index (χ1v) is 10.1. The van der Waals surface area contributed by atoms with Crippen LogP contribution in [0.5, 0.6) is 0 Å². The molecule has 0 aromatic carbocycles. The number of ketones is 1. The Labute approximate surface area is 155 Å². The van der Waals surface area contributed by atoms with E-state index in [1.807, 2.05) is 6.07 Å². The van der Waals surface area contributed by atoms with E-state index in [0.717, 1.165) is 5.39 Å². The van der Waals surface area contributed by atoms with Crippen LogP contribution in [-0.4, -0.2) is 65.4 Å². The molecular weight excluding hydrogens is 374 g/mol. The molecule has 10 heteroatoms. The average Bonchev–Trinajstić information content (AvgIpc) is 3.17. The van der Waals surface area contributed by atoms with Gasteiger partial charge in [0, 0.05) is 36.4 Å². The van der Waals surface area contributed by atoms with Crippen molar-refractivity contribution in [1.82, 2.24) is 14.9 Å². The molecule has 1 fully saturated rings. The number of rotatable bonds is 3. The van der Waals surface area contributed by atoms with E-state index < -0.39 is 27.9 Å². The number of pyridine rings is 1. The van der Waals surface area contributed by atoms with E-state index in [1.54, 1.807) is 23.4 Å². The van der Waals surface area contributed by atoms with Crippen molar-refractivity contribution < 1.29 is 28.5 Å². The Balaban J connectivity index is 1.67. The Morgan fingerprint density at radius 2 is 2.07 bits per heavy atom. The smallest absolute Gasteiger partial charge is 0.345 e. The molecule has 0 atom stereocenters. The minimum Gasteiger partial charge on any atom is -0.477 e. The second kappa shape index (κ2) is 6.41. The van der Waals surface area contributed by atoms with Crippen molar-refractivity contribution in [2.24, 2.45) is 0 Å². The molecule has 0 spiro atoms. The lowest BCUT2D eigenvalue weighted by molar-refractivity contribution is -0.134. The summed E-state index contributed by atoms with van der Waals surface area (Å²) in [5, 5.41) is 10.3. The van der Waals surface area contributed by atoms with Crippen molar-refractivity contribution in [1.29, 1.82) is 0 Å². The number of carboxylic acid groups (broad SMARTS) is 1. The summed E-state index contributed by atoms with van der Waals surface area (Å²) >= 11 is 0. The van der Waals surface area contributed by atoms with Crippen molar-refractivity contribution in [2.75, 3.05) is 24.6 Å². The highest BCUT2D eigenvalue weighted by molar-refractivity contribution is 8.24. The van der Waals surface area contributed by atoms with Crippen LogP contribution in [0, 0.1) is 0 Å². The van der Waals surface area contributed by atoms with Crippen molar-refractivity contribution in [2.45, 2.75) is 0 Å². The van der Waals surface area contributed by atoms with Crippen molar-refractivity contribution in [3.05, 3.63) is 47.3 Å². The molecule has 2 aliphatic heterocycles. The predicted octanol–water partition coefficient (Wildman–Crippen LogP) is 1.87. The Bertz CT molecular complexity index is 999. The van der Waals surface area contributed by atoms with Crippen LogP contribution in [0.25, 0.3) is 17.1 Å². The molecule has 142 valence electrons. The third kappa shape index (κ3) is 3.18. The lowest BCUT2D eigenvalue weighted by Gasteiger charge is -2.41. The Morgan fingerprint density at radius 1 is 1.33 bits per heavy atom. The highest BCUT2D eigenvalue weighted by Crippen LogP contribution is 2.42. The number of aromatic amines is 1. The molecule has 0 unspecified atom stereocenters. The zero-order chi connectivity index (χ0) is 19.2. The van der Waals surface area contributed by atoms with Crippen LogP contribution in [0.2, 0.25) is 0 Å². The zero-order valence-electron chi connectivity index (χ0n) is 14.1. The van der Waals surface area contributed by atoms with E-state index in [1.165, 1.54) is 6.08 Å². The van der Waals surface area contributed by atoms with E-state index in [0.29, 0.717) is 11.2 Å². The van der Waals surface area contributed by atoms with Gasteiger partial charge in [0.15, 0.2) is 11.3 Å². The van der Waals surface area contributed by atoms with Crippen molar-refractivity contribution in [3.8, 4) is 0 Å². The lowest BCUT2D eigenvalue weighted by atomic mass is 10.1. The van der Waals surface area contributed by atoms with E-state index in [2.05, 4.69) is 9.97 Å². The van der Waals surface area contributed by atoms with Gasteiger partial charge in [0.1, 0.15) is 5.65 Å². The summed E-state index contributed by atoms with van der Waals surface area (Å²) in [6.07, 6.45) is 4.78. The van der Waals surface area contributed by atoms with Gasteiger partial charge in [-0.05, 0) is 18.2 Å². The maximum Gasteiger partial charge on any atom is 0.345 e. The third-order valence-corrected chi connectivity index (χ3v) is 6.19. The van der Waals surface area contributed by atoms with Gasteiger partial charge in [0.2, 0.25) is 11.7 Å². The number of nitrogens with one attached hydrogen (secondary N) is 1. The van der Waals surface area contributed by atoms with Gasteiger partial charge in [0.25, 0.3) is 0 Å². The molecule has 4 rings (SSSR count). The monoisotopic (exact) mass is 391 g/mol. The van der Waals surface area contributed by atoms with Crippen molar-refractivity contribution >= 4 is 39.5 Å². The quantitative estimate of drug-likeness (QED) is 0.460. The maximum absolute atomic E-state index is 12.6. The molecule has 2 aromatic heterocycles. The van der Waals surface area contributed by atoms with E-state index in [9.17, 15) is 23.8 Å². The molecule has 0 saturated carbocycles. The van der Waals surface area contributed by atoms with Crippen LogP contribution in [0.1, 0.15) is 5.56 Å². The van der Waals surface area contributed by atoms with Crippen LogP contribution in [0.4, 0.5) is 0 Å². The van der Waals surface area contributed by atoms with Crippen LogP contribution >= 0.6 is 10.6 Å². The number of aliphatic carboxylic acids is 1. The fourth-order valence-electron chi connectivity index (χ4n) is 3.10. The summed E-state index contributed by atoms with van der Waals surface area (Å²) in [4.78, 5) is 33.0. The molecule has 1 saturated heterocycles. The number of carbonyl (C=O) groups is 2. The first-order chi connectivity index (χ1) is 12.9. The second-order valence-corrected chi connectivity index (χ2v) is 8.69. The van der Waals surface area contributed by atoms with Crippen LogP contribution in [-0.2, 0) is 14.3 Å². The third-order valence-electron chi connectivity index (χ3n) is 4.52. The Hall–Kier alpha value is -2.82. The second-order valence-electron chi connectivity index (χ2n) is 6.27. The number of hydrogen-bond donors (Lipinski definition) is 4. The average molecular weight is 391 g/mol. The van der Waals surface area contributed by atoms with Gasteiger partial charge in [-0.2, -0.15) is 10.6 Å². The molecule has 0 aliphatic carbocycles. The number of allylic oxidation sites excluding steroid dienone is 1. The molecule has 2 aliphatic rings. The molecular formula is C17H17N3O6S. The number of nitrogens with zero attached hydrogens (tertiary/aromatic N) is 2. The van der Waals surface area contributed by atoms with Crippen LogP contribution < -0.4 is 0 Å². The summed E-state index contributed by atoms with van der Waals surface area (Å²) < 4.78 is 25.1. The topological polar surface area (TPSA) is 136 Å². The van der Waals surface area contributed by atoms with E-state index >= 15 is 0 Å². The van der Waals surface area contributed by atoms with E-state index in [-0.39, 0.29) is 36.2 Å². The normalized spacial score (nSPS) is 22.4. The number of Topliss-reactive ketones (excluding diaryl/α,β-unsaturated/α-hetero) is 1. The number of ether oxygens (including phenoxy) is 1. The maximum atomic E-state index is 12.6. The highest BCUT2D eigenvalue weighted by Gasteiger charge is 2.39. The van der Waals surface area contributed by atoms with Gasteiger partial charge in [-0.15, -0.1) is 0 Å². The molecule has 0 radical (unpaired) electrons. The SMILES string of the molecule is O=C(O)C1=C(N2CCS(O)(O)CC2)O/C(=C\c2c[nH]c3ncccc23)C1=O. The fourth-order valence-corrected chi connectivity index (χ4v) is 4.33. The standard InChI is InChI=1S/C17H17N3O6S/c21-14-12(8-10-9-19-15-11(10)2-1-3-18-15)26-16(13(14)17(22)23)20-4-6-27(24,25)7-5-20/h1-3,8-9,24-25H,4-7H2,(H,18,19)(H,22,23)/b12-8-. The highest BCUT2D eigenvalue weighted by atomic mass is 32.3. The first kappa shape index (κ1) is 17.6. The lowest BCUT2D eigenvalue weighted by Crippen LogP contribution is -2.38. The number of fused-ring (bicyclic) bond motifs is 1. The first-order valence-electron chi connectivity index (χ1n) is 8.18. The molecule has 27 heavy (non-hydrogen) atoms. The van der Waals surface area contributed by atoms with Gasteiger partial charge >= 0.3 is 5.97 Å². The minimum atomic E-state index is -2.65. The summed E-state index contributed by atoms with van der Waals surface area (Å²) in [6.45, 7) is 0.401. The molecule has 0 bridgehead atoms. The van der Waals surface area contributed by atoms with E-state index in [4.69, 9.17) is 4.74 Å². The molecule has 0 amide bonds. The summed E-state index contributed by atoms with van der Waals surface area (Å²) in [6, 6.07) is 3.58. The van der Waals surface area contributed by atoms with Crippen molar-refractivity contribution in [3.63, 3.8) is 0 Å². The number of carbonyl (C=O) groups excluding carboxylic acids is 1. The van der Waals surface area contributed by atoms with Gasteiger partial charge in [-0.25, -0.2) is 9.78 Å². The largest absolute Gasteiger partial charge is 0.477 e.